The van der Waals surface area contributed by atoms with Crippen LogP contribution in [-0.4, -0.2) is 48.0 Å². The minimum atomic E-state index is -0.521. The van der Waals surface area contributed by atoms with E-state index in [1.165, 1.54) is 18.4 Å². The van der Waals surface area contributed by atoms with Crippen LogP contribution in [0.2, 0.25) is 0 Å². The van der Waals surface area contributed by atoms with Gasteiger partial charge < -0.3 is 30.2 Å². The molecule has 4 N–H and O–H groups in total. The predicted molar refractivity (Wildman–Crippen MR) is 137 cm³/mol. The van der Waals surface area contributed by atoms with Gasteiger partial charge in [-0.1, -0.05) is 0 Å². The van der Waals surface area contributed by atoms with E-state index in [9.17, 15) is 14.4 Å². The smallest absolute Gasteiger partial charge is 0.305 e. The van der Waals surface area contributed by atoms with Crippen molar-refractivity contribution in [3.8, 4) is 11.5 Å². The highest BCUT2D eigenvalue weighted by Gasteiger charge is 2.16. The topological polar surface area (TPSA) is 149 Å². The Morgan fingerprint density at radius 1 is 1.06 bits per heavy atom. The number of benzene rings is 2. The van der Waals surface area contributed by atoms with Crippen LogP contribution in [0.25, 0.3) is 21.1 Å². The molecule has 2 aromatic heterocycles. The van der Waals surface area contributed by atoms with Gasteiger partial charge >= 0.3 is 5.97 Å². The summed E-state index contributed by atoms with van der Waals surface area (Å²) in [7, 11) is 2.86. The first-order chi connectivity index (χ1) is 17.3. The van der Waals surface area contributed by atoms with Gasteiger partial charge in [0.2, 0.25) is 11.9 Å². The Balaban J connectivity index is 1.43. The second-order valence-electron chi connectivity index (χ2n) is 8.04. The number of ketones is 1. The van der Waals surface area contributed by atoms with Gasteiger partial charge in [-0.25, -0.2) is 4.98 Å². The number of fused-ring (bicyclic) bond motifs is 2. The molecule has 0 spiro atoms. The Bertz CT molecular complexity index is 1460. The number of imidazole rings is 1. The van der Waals surface area contributed by atoms with E-state index in [1.54, 1.807) is 31.4 Å². The average molecular weight is 511 g/mol. The molecule has 0 unspecified atom stereocenters. The summed E-state index contributed by atoms with van der Waals surface area (Å²) in [5.41, 5.74) is 13.2. The summed E-state index contributed by atoms with van der Waals surface area (Å²) in [6, 6.07) is 10.5. The van der Waals surface area contributed by atoms with Crippen molar-refractivity contribution in [1.82, 2.24) is 9.55 Å². The van der Waals surface area contributed by atoms with Crippen molar-refractivity contribution >= 4 is 56.1 Å². The number of methoxy groups -OCH3 is 2. The first kappa shape index (κ1) is 25.0. The lowest BCUT2D eigenvalue weighted by Gasteiger charge is -2.12. The van der Waals surface area contributed by atoms with Gasteiger partial charge in [-0.05, 0) is 42.1 Å². The first-order valence-corrected chi connectivity index (χ1v) is 12.0. The summed E-state index contributed by atoms with van der Waals surface area (Å²) in [4.78, 5) is 40.1. The molecule has 0 atom stereocenters. The largest absolute Gasteiger partial charge is 0.493 e. The van der Waals surface area contributed by atoms with E-state index in [0.29, 0.717) is 53.0 Å². The van der Waals surface area contributed by atoms with Crippen molar-refractivity contribution in [1.29, 1.82) is 0 Å². The molecule has 4 aromatic rings. The zero-order valence-electron chi connectivity index (χ0n) is 19.9. The summed E-state index contributed by atoms with van der Waals surface area (Å²) < 4.78 is 18.8. The molecule has 1 amide bonds. The number of aryl methyl sites for hydroxylation is 1. The van der Waals surface area contributed by atoms with Gasteiger partial charge in [0.05, 0.1) is 43.2 Å². The molecule has 11 heteroatoms. The number of nitrogens with zero attached hydrogens (tertiary/aromatic N) is 2. The maximum atomic E-state index is 12.5. The number of primary amides is 1. The molecular formula is C25H26N4O6S. The number of anilines is 1. The molecule has 4 rings (SSSR count). The van der Waals surface area contributed by atoms with E-state index < -0.39 is 11.9 Å². The number of hydrogen-bond donors (Lipinski definition) is 2. The van der Waals surface area contributed by atoms with Crippen molar-refractivity contribution in [3.63, 3.8) is 0 Å². The number of Topliss-reactive ketones (excluding diaryl/α,β-unsaturated/α-hetero) is 1. The van der Waals surface area contributed by atoms with Crippen molar-refractivity contribution in [3.05, 3.63) is 46.8 Å². The second kappa shape index (κ2) is 10.6. The van der Waals surface area contributed by atoms with Gasteiger partial charge in [-0.15, -0.1) is 11.3 Å². The number of hydrogen-bond acceptors (Lipinski definition) is 9. The van der Waals surface area contributed by atoms with Crippen LogP contribution in [0.4, 0.5) is 5.95 Å². The standard InChI is InChI=1S/C25H26N4O6S/c1-33-19-11-15-12-22(18(30)6-7-23(31)34-2)36-21(15)13-20(19)35-9-3-8-29-17-5-4-14(24(26)32)10-16(17)28-25(29)27/h4-5,10-13H,3,6-9H2,1-2H3,(H2,26,32)(H2,27,28). The lowest BCUT2D eigenvalue weighted by molar-refractivity contribution is -0.140. The van der Waals surface area contributed by atoms with Gasteiger partial charge in [0.1, 0.15) is 0 Å². The summed E-state index contributed by atoms with van der Waals surface area (Å²) in [5, 5.41) is 0.860. The van der Waals surface area contributed by atoms with Gasteiger partial charge in [0.25, 0.3) is 0 Å². The molecule has 188 valence electrons. The highest BCUT2D eigenvalue weighted by atomic mass is 32.1. The molecule has 0 radical (unpaired) electrons. The molecule has 36 heavy (non-hydrogen) atoms. The van der Waals surface area contributed by atoms with Crippen molar-refractivity contribution in [2.45, 2.75) is 25.8 Å². The molecule has 0 bridgehead atoms. The molecule has 10 nitrogen and oxygen atoms in total. The van der Waals surface area contributed by atoms with E-state index in [4.69, 9.17) is 20.9 Å². The van der Waals surface area contributed by atoms with Gasteiger partial charge in [-0.3, -0.25) is 14.4 Å². The Kier molecular flexibility index (Phi) is 7.39. The number of nitrogen functional groups attached to an aromatic ring is 1. The number of aromatic nitrogens is 2. The van der Waals surface area contributed by atoms with E-state index in [1.807, 2.05) is 16.7 Å². The number of rotatable bonds is 11. The summed E-state index contributed by atoms with van der Waals surface area (Å²) >= 11 is 1.34. The molecule has 0 aliphatic carbocycles. The third kappa shape index (κ3) is 5.25. The molecule has 0 saturated heterocycles. The summed E-state index contributed by atoms with van der Waals surface area (Å²) in [6.07, 6.45) is 0.774. The maximum absolute atomic E-state index is 12.5. The molecule has 2 aromatic carbocycles. The lowest BCUT2D eigenvalue weighted by atomic mass is 10.1. The Morgan fingerprint density at radius 2 is 1.86 bits per heavy atom. The molecule has 0 aliphatic heterocycles. The van der Waals surface area contributed by atoms with Crippen LogP contribution in [0.15, 0.2) is 36.4 Å². The fraction of sp³-hybridized carbons (Fsp3) is 0.280. The summed E-state index contributed by atoms with van der Waals surface area (Å²) in [5.74, 6) is 0.413. The molecule has 0 fully saturated rings. The Labute approximate surface area is 210 Å². The van der Waals surface area contributed by atoms with Crippen LogP contribution in [-0.2, 0) is 16.1 Å². The minimum Gasteiger partial charge on any atom is -0.493 e. The number of carbonyl (C=O) groups excluding carboxylic acids is 3. The van der Waals surface area contributed by atoms with Crippen LogP contribution < -0.4 is 20.9 Å². The molecular weight excluding hydrogens is 484 g/mol. The van der Waals surface area contributed by atoms with E-state index in [-0.39, 0.29) is 18.6 Å². The minimum absolute atomic E-state index is 0.0459. The third-order valence-electron chi connectivity index (χ3n) is 5.71. The zero-order valence-corrected chi connectivity index (χ0v) is 20.7. The quantitative estimate of drug-likeness (QED) is 0.177. The highest BCUT2D eigenvalue weighted by molar-refractivity contribution is 7.20. The van der Waals surface area contributed by atoms with Gasteiger partial charge in [-0.2, -0.15) is 0 Å². The van der Waals surface area contributed by atoms with E-state index in [2.05, 4.69) is 9.72 Å². The number of nitrogens with two attached hydrogens (primary N) is 2. The van der Waals surface area contributed by atoms with Crippen molar-refractivity contribution in [2.75, 3.05) is 26.6 Å². The molecule has 2 heterocycles. The van der Waals surface area contributed by atoms with Crippen LogP contribution in [0, 0.1) is 0 Å². The SMILES string of the molecule is COC(=O)CCC(=O)c1cc2cc(OC)c(OCCCn3c(N)nc4cc(C(N)=O)ccc43)cc2s1. The van der Waals surface area contributed by atoms with Crippen LogP contribution in [0.5, 0.6) is 11.5 Å². The van der Waals surface area contributed by atoms with Crippen LogP contribution >= 0.6 is 11.3 Å². The van der Waals surface area contributed by atoms with Crippen molar-refractivity contribution in [2.24, 2.45) is 5.73 Å². The summed E-state index contributed by atoms with van der Waals surface area (Å²) in [6.45, 7) is 0.942. The van der Waals surface area contributed by atoms with E-state index in [0.717, 1.165) is 15.6 Å². The zero-order chi connectivity index (χ0) is 25.8. The lowest BCUT2D eigenvalue weighted by Crippen LogP contribution is -2.10. The monoisotopic (exact) mass is 510 g/mol. The maximum Gasteiger partial charge on any atom is 0.305 e. The van der Waals surface area contributed by atoms with Gasteiger partial charge in [0, 0.05) is 29.3 Å². The van der Waals surface area contributed by atoms with E-state index >= 15 is 0 Å². The van der Waals surface area contributed by atoms with Gasteiger partial charge in [0.15, 0.2) is 17.3 Å². The average Bonchev–Trinajstić information content (AvgIpc) is 3.43. The molecule has 0 saturated carbocycles. The fourth-order valence-corrected chi connectivity index (χ4v) is 4.88. The highest BCUT2D eigenvalue weighted by Crippen LogP contribution is 2.37. The Hall–Kier alpha value is -4.12. The predicted octanol–water partition coefficient (Wildman–Crippen LogP) is 3.55. The number of thiophene rings is 1. The number of esters is 1. The van der Waals surface area contributed by atoms with Crippen LogP contribution in [0.3, 0.4) is 0 Å². The number of carbonyl (C=O) groups is 3. The van der Waals surface area contributed by atoms with Crippen molar-refractivity contribution < 1.29 is 28.6 Å². The second-order valence-corrected chi connectivity index (χ2v) is 9.13. The Morgan fingerprint density at radius 3 is 2.58 bits per heavy atom. The third-order valence-corrected chi connectivity index (χ3v) is 6.85. The number of amides is 1. The first-order valence-electron chi connectivity index (χ1n) is 11.2. The normalized spacial score (nSPS) is 11.1. The number of ether oxygens (including phenoxy) is 3. The van der Waals surface area contributed by atoms with Crippen LogP contribution in [0.1, 0.15) is 39.3 Å². The fourth-order valence-electron chi connectivity index (χ4n) is 3.84. The molecule has 0 aliphatic rings.